The second-order valence-electron chi connectivity index (χ2n) is 4.27. The van der Waals surface area contributed by atoms with Crippen molar-refractivity contribution in [1.82, 2.24) is 5.32 Å². The first-order valence-electron chi connectivity index (χ1n) is 6.48. The van der Waals surface area contributed by atoms with E-state index in [-0.39, 0.29) is 11.3 Å². The van der Waals surface area contributed by atoms with Crippen LogP contribution in [0.25, 0.3) is 0 Å². The van der Waals surface area contributed by atoms with Gasteiger partial charge in [-0.15, -0.1) is 0 Å². The minimum Gasteiger partial charge on any atom is -0.313 e. The van der Waals surface area contributed by atoms with Crippen molar-refractivity contribution in [3.63, 3.8) is 0 Å². The van der Waals surface area contributed by atoms with Crippen molar-refractivity contribution in [2.45, 2.75) is 64.7 Å². The van der Waals surface area contributed by atoms with Crippen molar-refractivity contribution in [2.75, 3.05) is 12.3 Å². The molecule has 0 aromatic carbocycles. The van der Waals surface area contributed by atoms with Crippen molar-refractivity contribution >= 4 is 9.84 Å². The van der Waals surface area contributed by atoms with Crippen LogP contribution in [-0.4, -0.2) is 32.0 Å². The maximum Gasteiger partial charge on any atom is 0.154 e. The van der Waals surface area contributed by atoms with E-state index in [1.165, 1.54) is 0 Å². The highest BCUT2D eigenvalue weighted by molar-refractivity contribution is 7.92. The minimum atomic E-state index is -2.93. The smallest absolute Gasteiger partial charge is 0.154 e. The Kier molecular flexibility index (Phi) is 8.02. The molecule has 0 aromatic heterocycles. The van der Waals surface area contributed by atoms with Crippen LogP contribution in [0.2, 0.25) is 0 Å². The molecule has 98 valence electrons. The molecule has 0 amide bonds. The summed E-state index contributed by atoms with van der Waals surface area (Å²) in [5.41, 5.74) is 0. The van der Waals surface area contributed by atoms with Crippen LogP contribution in [0, 0.1) is 0 Å². The maximum absolute atomic E-state index is 12.1. The fourth-order valence-corrected chi connectivity index (χ4v) is 4.33. The van der Waals surface area contributed by atoms with Gasteiger partial charge in [0.2, 0.25) is 0 Å². The van der Waals surface area contributed by atoms with Crippen LogP contribution >= 0.6 is 0 Å². The van der Waals surface area contributed by atoms with Gasteiger partial charge in [0, 0.05) is 6.04 Å². The van der Waals surface area contributed by atoms with Crippen LogP contribution in [0.1, 0.15) is 53.4 Å². The molecule has 0 aliphatic rings. The molecule has 0 heterocycles. The molecule has 3 nitrogen and oxygen atoms in total. The Bertz CT molecular complexity index is 256. The van der Waals surface area contributed by atoms with Crippen LogP contribution < -0.4 is 5.32 Å². The van der Waals surface area contributed by atoms with Crippen LogP contribution in [0.5, 0.6) is 0 Å². The molecular formula is C12H27NO2S. The highest BCUT2D eigenvalue weighted by Crippen LogP contribution is 2.16. The second kappa shape index (κ2) is 8.07. The summed E-state index contributed by atoms with van der Waals surface area (Å²) in [4.78, 5) is 0. The predicted octanol–water partition coefficient (Wildman–Crippen LogP) is 2.37. The van der Waals surface area contributed by atoms with Gasteiger partial charge in [-0.05, 0) is 25.8 Å². The van der Waals surface area contributed by atoms with Crippen molar-refractivity contribution in [3.8, 4) is 0 Å². The van der Waals surface area contributed by atoms with E-state index in [0.717, 1.165) is 19.4 Å². The van der Waals surface area contributed by atoms with Crippen molar-refractivity contribution in [2.24, 2.45) is 0 Å². The molecule has 0 saturated carbocycles. The zero-order valence-electron chi connectivity index (χ0n) is 11.1. The highest BCUT2D eigenvalue weighted by atomic mass is 32.2. The van der Waals surface area contributed by atoms with Crippen molar-refractivity contribution in [3.05, 3.63) is 0 Å². The number of sulfone groups is 1. The van der Waals surface area contributed by atoms with Crippen molar-refractivity contribution in [1.29, 1.82) is 0 Å². The maximum atomic E-state index is 12.1. The number of hydrogen-bond acceptors (Lipinski definition) is 3. The molecule has 0 fully saturated rings. The lowest BCUT2D eigenvalue weighted by molar-refractivity contribution is 0.445. The van der Waals surface area contributed by atoms with Gasteiger partial charge in [0.05, 0.1) is 11.0 Å². The van der Waals surface area contributed by atoms with E-state index in [1.807, 2.05) is 20.8 Å². The fraction of sp³-hybridized carbons (Fsp3) is 1.00. The molecule has 4 heteroatoms. The zero-order valence-corrected chi connectivity index (χ0v) is 11.9. The number of nitrogens with one attached hydrogen (secondary N) is 1. The lowest BCUT2D eigenvalue weighted by atomic mass is 10.1. The summed E-state index contributed by atoms with van der Waals surface area (Å²) in [6.07, 6.45) is 3.38. The Morgan fingerprint density at radius 1 is 1.06 bits per heavy atom. The molecule has 2 unspecified atom stereocenters. The molecule has 16 heavy (non-hydrogen) atoms. The molecular weight excluding hydrogens is 222 g/mol. The van der Waals surface area contributed by atoms with Crippen LogP contribution in [0.15, 0.2) is 0 Å². The number of hydrogen-bond donors (Lipinski definition) is 1. The first kappa shape index (κ1) is 15.9. The molecule has 0 aliphatic heterocycles. The van der Waals surface area contributed by atoms with E-state index in [9.17, 15) is 8.42 Å². The van der Waals surface area contributed by atoms with Crippen LogP contribution in [0.4, 0.5) is 0 Å². The molecule has 0 rings (SSSR count). The van der Waals surface area contributed by atoms with Gasteiger partial charge in [0.25, 0.3) is 0 Å². The van der Waals surface area contributed by atoms with Gasteiger partial charge in [-0.1, -0.05) is 34.1 Å². The quantitative estimate of drug-likeness (QED) is 0.682. The van der Waals surface area contributed by atoms with Crippen molar-refractivity contribution < 1.29 is 8.42 Å². The average molecular weight is 249 g/mol. The largest absolute Gasteiger partial charge is 0.313 e. The van der Waals surface area contributed by atoms with Gasteiger partial charge in [0.15, 0.2) is 9.84 Å². The summed E-state index contributed by atoms with van der Waals surface area (Å²) in [6.45, 7) is 8.86. The SMILES string of the molecule is CCCC(NCC)C(CC)S(=O)(=O)CCC. The normalized spacial score (nSPS) is 16.0. The highest BCUT2D eigenvalue weighted by Gasteiger charge is 2.29. The van der Waals surface area contributed by atoms with Gasteiger partial charge < -0.3 is 5.32 Å². The standard InChI is InChI=1S/C12H27NO2S/c1-5-9-11(13-8-4)12(7-3)16(14,15)10-6-2/h11-13H,5-10H2,1-4H3. The summed E-state index contributed by atoms with van der Waals surface area (Å²) in [5.74, 6) is 0.317. The molecule has 0 aromatic rings. The average Bonchev–Trinajstić information content (AvgIpc) is 2.18. The topological polar surface area (TPSA) is 46.2 Å². The lowest BCUT2D eigenvalue weighted by Crippen LogP contribution is -2.44. The lowest BCUT2D eigenvalue weighted by Gasteiger charge is -2.26. The third-order valence-electron chi connectivity index (χ3n) is 2.87. The summed E-state index contributed by atoms with van der Waals surface area (Å²) in [7, 11) is -2.93. The van der Waals surface area contributed by atoms with E-state index >= 15 is 0 Å². The van der Waals surface area contributed by atoms with Crippen LogP contribution in [0.3, 0.4) is 0 Å². The second-order valence-corrected chi connectivity index (χ2v) is 6.61. The van der Waals surface area contributed by atoms with Gasteiger partial charge in [0.1, 0.15) is 0 Å². The molecule has 0 radical (unpaired) electrons. The molecule has 0 bridgehead atoms. The van der Waals surface area contributed by atoms with E-state index in [0.29, 0.717) is 18.6 Å². The Balaban J connectivity index is 4.77. The summed E-state index contributed by atoms with van der Waals surface area (Å²) in [6, 6.07) is 0.122. The van der Waals surface area contributed by atoms with Gasteiger partial charge in [-0.25, -0.2) is 8.42 Å². The number of rotatable bonds is 9. The van der Waals surface area contributed by atoms with Gasteiger partial charge >= 0.3 is 0 Å². The Hall–Kier alpha value is -0.0900. The molecule has 2 atom stereocenters. The molecule has 0 saturated heterocycles. The van der Waals surface area contributed by atoms with E-state index in [4.69, 9.17) is 0 Å². The monoisotopic (exact) mass is 249 g/mol. The molecule has 0 aliphatic carbocycles. The van der Waals surface area contributed by atoms with E-state index < -0.39 is 9.84 Å². The summed E-state index contributed by atoms with van der Waals surface area (Å²) < 4.78 is 24.2. The first-order valence-corrected chi connectivity index (χ1v) is 8.19. The Morgan fingerprint density at radius 3 is 2.06 bits per heavy atom. The fourth-order valence-electron chi connectivity index (χ4n) is 2.22. The van der Waals surface area contributed by atoms with Gasteiger partial charge in [-0.2, -0.15) is 0 Å². The third kappa shape index (κ3) is 4.83. The third-order valence-corrected chi connectivity index (χ3v) is 5.43. The first-order chi connectivity index (χ1) is 7.53. The Morgan fingerprint density at radius 2 is 1.69 bits per heavy atom. The summed E-state index contributed by atoms with van der Waals surface area (Å²) in [5, 5.41) is 3.10. The van der Waals surface area contributed by atoms with E-state index in [1.54, 1.807) is 0 Å². The zero-order chi connectivity index (χ0) is 12.6. The minimum absolute atomic E-state index is 0.122. The van der Waals surface area contributed by atoms with E-state index in [2.05, 4.69) is 12.2 Å². The summed E-state index contributed by atoms with van der Waals surface area (Å²) >= 11 is 0. The van der Waals surface area contributed by atoms with Gasteiger partial charge in [-0.3, -0.25) is 0 Å². The molecule has 0 spiro atoms. The molecule has 1 N–H and O–H groups in total. The van der Waals surface area contributed by atoms with Crippen LogP contribution in [-0.2, 0) is 9.84 Å². The predicted molar refractivity (Wildman–Crippen MR) is 70.5 cm³/mol. The Labute approximate surface area is 101 Å².